The molecular formula is C16H23ClFNS. The largest absolute Gasteiger partial charge is 0.309 e. The van der Waals surface area contributed by atoms with Crippen LogP contribution >= 0.6 is 23.4 Å². The normalized spacial score (nSPS) is 19.8. The lowest BCUT2D eigenvalue weighted by molar-refractivity contribution is 0.367. The van der Waals surface area contributed by atoms with Crippen LogP contribution in [0.1, 0.15) is 50.6 Å². The lowest BCUT2D eigenvalue weighted by Gasteiger charge is -2.37. The number of thioether (sulfide) groups is 1. The molecule has 0 radical (unpaired) electrons. The van der Waals surface area contributed by atoms with Gasteiger partial charge in [-0.25, -0.2) is 4.39 Å². The monoisotopic (exact) mass is 315 g/mol. The average Bonchev–Trinajstić information content (AvgIpc) is 2.48. The zero-order valence-electron chi connectivity index (χ0n) is 12.2. The summed E-state index contributed by atoms with van der Waals surface area (Å²) >= 11 is 7.71. The van der Waals surface area contributed by atoms with Crippen LogP contribution in [0.15, 0.2) is 18.2 Å². The number of benzene rings is 1. The van der Waals surface area contributed by atoms with E-state index in [-0.39, 0.29) is 16.9 Å². The average molecular weight is 316 g/mol. The molecule has 1 nitrogen and oxygen atoms in total. The third-order valence-electron chi connectivity index (χ3n) is 4.37. The first-order valence-corrected chi connectivity index (χ1v) is 8.90. The molecule has 1 N–H and O–H groups in total. The lowest BCUT2D eigenvalue weighted by Crippen LogP contribution is -2.40. The van der Waals surface area contributed by atoms with Crippen LogP contribution in [-0.2, 0) is 0 Å². The molecule has 1 saturated carbocycles. The number of hydrogen-bond donors (Lipinski definition) is 1. The van der Waals surface area contributed by atoms with Gasteiger partial charge in [0.15, 0.2) is 0 Å². The highest BCUT2D eigenvalue weighted by molar-refractivity contribution is 8.00. The molecule has 0 aromatic heterocycles. The molecule has 1 aliphatic rings. The van der Waals surface area contributed by atoms with E-state index in [0.29, 0.717) is 4.75 Å². The van der Waals surface area contributed by atoms with Crippen LogP contribution in [-0.4, -0.2) is 17.5 Å². The van der Waals surface area contributed by atoms with E-state index in [4.69, 9.17) is 11.6 Å². The van der Waals surface area contributed by atoms with Gasteiger partial charge in [-0.15, -0.1) is 0 Å². The van der Waals surface area contributed by atoms with E-state index >= 15 is 0 Å². The minimum Gasteiger partial charge on any atom is -0.309 e. The SMILES string of the molecule is CSC1(CNC(C)c2ccc(Cl)c(F)c2)CCCCC1. The Morgan fingerprint density at radius 3 is 2.65 bits per heavy atom. The van der Waals surface area contributed by atoms with E-state index in [1.54, 1.807) is 6.07 Å². The van der Waals surface area contributed by atoms with Gasteiger partial charge in [0, 0.05) is 17.3 Å². The Hall–Kier alpha value is -0.250. The number of halogens is 2. The molecule has 1 aromatic rings. The highest BCUT2D eigenvalue weighted by atomic mass is 35.5. The standard InChI is InChI=1S/C16H23ClFNS/c1-12(13-6-7-14(17)15(18)10-13)19-11-16(20-2)8-4-3-5-9-16/h6-7,10,12,19H,3-5,8-9,11H2,1-2H3. The molecule has 0 heterocycles. The molecule has 2 rings (SSSR count). The Morgan fingerprint density at radius 2 is 2.05 bits per heavy atom. The first-order valence-electron chi connectivity index (χ1n) is 7.30. The molecular weight excluding hydrogens is 293 g/mol. The van der Waals surface area contributed by atoms with Gasteiger partial charge in [0.25, 0.3) is 0 Å². The van der Waals surface area contributed by atoms with Crippen LogP contribution in [0.2, 0.25) is 5.02 Å². The summed E-state index contributed by atoms with van der Waals surface area (Å²) in [5, 5.41) is 3.77. The van der Waals surface area contributed by atoms with Crippen molar-refractivity contribution in [3.8, 4) is 0 Å². The molecule has 1 aliphatic carbocycles. The number of nitrogens with one attached hydrogen (secondary N) is 1. The first kappa shape index (κ1) is 16.1. The molecule has 1 fully saturated rings. The van der Waals surface area contributed by atoms with Crippen LogP contribution in [0.5, 0.6) is 0 Å². The van der Waals surface area contributed by atoms with Crippen LogP contribution in [0, 0.1) is 5.82 Å². The second-order valence-electron chi connectivity index (χ2n) is 5.72. The molecule has 1 aromatic carbocycles. The summed E-state index contributed by atoms with van der Waals surface area (Å²) in [6.07, 6.45) is 8.78. The quantitative estimate of drug-likeness (QED) is 0.802. The van der Waals surface area contributed by atoms with Gasteiger partial charge < -0.3 is 5.32 Å². The van der Waals surface area contributed by atoms with Crippen molar-refractivity contribution in [1.29, 1.82) is 0 Å². The Kier molecular flexibility index (Phi) is 5.76. The molecule has 0 saturated heterocycles. The molecule has 1 unspecified atom stereocenters. The van der Waals surface area contributed by atoms with Crippen molar-refractivity contribution in [3.63, 3.8) is 0 Å². The highest BCUT2D eigenvalue weighted by Gasteiger charge is 2.31. The molecule has 0 spiro atoms. The summed E-state index contributed by atoms with van der Waals surface area (Å²) in [5.41, 5.74) is 0.957. The Morgan fingerprint density at radius 1 is 1.35 bits per heavy atom. The smallest absolute Gasteiger partial charge is 0.142 e. The van der Waals surface area contributed by atoms with E-state index < -0.39 is 0 Å². The van der Waals surface area contributed by atoms with E-state index in [9.17, 15) is 4.39 Å². The summed E-state index contributed by atoms with van der Waals surface area (Å²) in [7, 11) is 0. The van der Waals surface area contributed by atoms with Crippen molar-refractivity contribution in [2.45, 2.75) is 49.8 Å². The Balaban J connectivity index is 1.96. The van der Waals surface area contributed by atoms with Gasteiger partial charge >= 0.3 is 0 Å². The summed E-state index contributed by atoms with van der Waals surface area (Å²) in [5.74, 6) is -0.338. The second kappa shape index (κ2) is 7.15. The summed E-state index contributed by atoms with van der Waals surface area (Å²) < 4.78 is 13.9. The predicted molar refractivity (Wildman–Crippen MR) is 87.2 cm³/mol. The van der Waals surface area contributed by atoms with Crippen LogP contribution in [0.4, 0.5) is 4.39 Å². The minimum atomic E-state index is -0.338. The van der Waals surface area contributed by atoms with Gasteiger partial charge in [0.05, 0.1) is 5.02 Å². The van der Waals surface area contributed by atoms with Gasteiger partial charge in [-0.3, -0.25) is 0 Å². The molecule has 112 valence electrons. The Labute approximate surface area is 130 Å². The fraction of sp³-hybridized carbons (Fsp3) is 0.625. The highest BCUT2D eigenvalue weighted by Crippen LogP contribution is 2.38. The molecule has 20 heavy (non-hydrogen) atoms. The molecule has 1 atom stereocenters. The summed E-state index contributed by atoms with van der Waals surface area (Å²) in [6, 6.07) is 5.21. The number of hydrogen-bond acceptors (Lipinski definition) is 2. The predicted octanol–water partition coefficient (Wildman–Crippen LogP) is 5.20. The van der Waals surface area contributed by atoms with Gasteiger partial charge in [-0.05, 0) is 43.7 Å². The van der Waals surface area contributed by atoms with Gasteiger partial charge in [-0.1, -0.05) is 36.9 Å². The first-order chi connectivity index (χ1) is 9.56. The van der Waals surface area contributed by atoms with Crippen LogP contribution in [0.25, 0.3) is 0 Å². The van der Waals surface area contributed by atoms with Crippen molar-refractivity contribution in [2.24, 2.45) is 0 Å². The maximum absolute atomic E-state index is 13.5. The van der Waals surface area contributed by atoms with Crippen LogP contribution < -0.4 is 5.32 Å². The van der Waals surface area contributed by atoms with E-state index in [0.717, 1.165) is 12.1 Å². The van der Waals surface area contributed by atoms with Crippen molar-refractivity contribution in [3.05, 3.63) is 34.6 Å². The molecule has 4 heteroatoms. The van der Waals surface area contributed by atoms with Gasteiger partial charge in [0.2, 0.25) is 0 Å². The summed E-state index contributed by atoms with van der Waals surface area (Å²) in [6.45, 7) is 3.07. The number of rotatable bonds is 5. The van der Waals surface area contributed by atoms with Gasteiger partial charge in [-0.2, -0.15) is 11.8 Å². The molecule has 0 aliphatic heterocycles. The van der Waals surface area contributed by atoms with E-state index in [2.05, 4.69) is 18.5 Å². The lowest BCUT2D eigenvalue weighted by atomic mass is 9.88. The zero-order chi connectivity index (χ0) is 14.6. The van der Waals surface area contributed by atoms with E-state index in [1.165, 1.54) is 38.2 Å². The molecule has 0 amide bonds. The second-order valence-corrected chi connectivity index (χ2v) is 7.41. The fourth-order valence-corrected chi connectivity index (χ4v) is 3.93. The Bertz CT molecular complexity index is 446. The summed E-state index contributed by atoms with van der Waals surface area (Å²) in [4.78, 5) is 0. The maximum Gasteiger partial charge on any atom is 0.142 e. The zero-order valence-corrected chi connectivity index (χ0v) is 13.8. The maximum atomic E-state index is 13.5. The third-order valence-corrected chi connectivity index (χ3v) is 6.10. The third kappa shape index (κ3) is 3.90. The van der Waals surface area contributed by atoms with Crippen LogP contribution in [0.3, 0.4) is 0 Å². The van der Waals surface area contributed by atoms with Crippen molar-refractivity contribution >= 4 is 23.4 Å². The van der Waals surface area contributed by atoms with Crippen molar-refractivity contribution in [2.75, 3.05) is 12.8 Å². The van der Waals surface area contributed by atoms with Crippen molar-refractivity contribution < 1.29 is 4.39 Å². The molecule has 0 bridgehead atoms. The van der Waals surface area contributed by atoms with E-state index in [1.807, 2.05) is 17.8 Å². The van der Waals surface area contributed by atoms with Gasteiger partial charge in [0.1, 0.15) is 5.82 Å². The fourth-order valence-electron chi connectivity index (χ4n) is 2.89. The topological polar surface area (TPSA) is 12.0 Å². The van der Waals surface area contributed by atoms with Crippen molar-refractivity contribution in [1.82, 2.24) is 5.32 Å². The minimum absolute atomic E-state index is 0.146.